The van der Waals surface area contributed by atoms with Crippen molar-refractivity contribution >= 4 is 22.2 Å². The monoisotopic (exact) mass is 302 g/mol. The average molecular weight is 302 g/mol. The van der Waals surface area contributed by atoms with Crippen molar-refractivity contribution in [3.05, 3.63) is 72.3 Å². The van der Waals surface area contributed by atoms with Gasteiger partial charge in [-0.3, -0.25) is 4.98 Å². The lowest BCUT2D eigenvalue weighted by molar-refractivity contribution is 0.980. The second-order valence-electron chi connectivity index (χ2n) is 5.75. The van der Waals surface area contributed by atoms with Gasteiger partial charge in [0.25, 0.3) is 0 Å². The van der Waals surface area contributed by atoms with E-state index in [0.717, 1.165) is 35.5 Å². The predicted octanol–water partition coefficient (Wildman–Crippen LogP) is 3.85. The standard InChI is InChI=1S/C19H18N4/c1-14-5-6-17-16(12-14)18(8-10-21-17)20-9-7-15-13-23-11-3-2-4-19(23)22-15/h2-6,8,10-13H,7,9H2,1H3,(H,20,21). The van der Waals surface area contributed by atoms with Crippen LogP contribution in [0.3, 0.4) is 0 Å². The van der Waals surface area contributed by atoms with Crippen LogP contribution in [-0.4, -0.2) is 20.9 Å². The van der Waals surface area contributed by atoms with Crippen LogP contribution >= 0.6 is 0 Å². The first-order valence-corrected chi connectivity index (χ1v) is 7.81. The Morgan fingerprint density at radius 2 is 2.09 bits per heavy atom. The maximum atomic E-state index is 4.63. The molecule has 0 amide bonds. The number of hydrogen-bond donors (Lipinski definition) is 1. The van der Waals surface area contributed by atoms with Crippen LogP contribution in [0.25, 0.3) is 16.6 Å². The van der Waals surface area contributed by atoms with Crippen molar-refractivity contribution in [1.29, 1.82) is 0 Å². The van der Waals surface area contributed by atoms with Gasteiger partial charge in [-0.25, -0.2) is 4.98 Å². The summed E-state index contributed by atoms with van der Waals surface area (Å²) in [4.78, 5) is 9.05. The van der Waals surface area contributed by atoms with E-state index in [4.69, 9.17) is 0 Å². The molecule has 0 saturated heterocycles. The molecule has 0 atom stereocenters. The van der Waals surface area contributed by atoms with Crippen LogP contribution in [0, 0.1) is 6.92 Å². The second-order valence-corrected chi connectivity index (χ2v) is 5.75. The summed E-state index contributed by atoms with van der Waals surface area (Å²) in [5.74, 6) is 0. The summed E-state index contributed by atoms with van der Waals surface area (Å²) in [6.07, 6.45) is 6.85. The Morgan fingerprint density at radius 1 is 1.13 bits per heavy atom. The number of imidazole rings is 1. The third-order valence-corrected chi connectivity index (χ3v) is 4.01. The van der Waals surface area contributed by atoms with E-state index in [1.54, 1.807) is 0 Å². The highest BCUT2D eigenvalue weighted by atomic mass is 15.0. The van der Waals surface area contributed by atoms with Gasteiger partial charge < -0.3 is 9.72 Å². The Bertz CT molecular complexity index is 938. The number of anilines is 1. The van der Waals surface area contributed by atoms with Crippen molar-refractivity contribution in [3.8, 4) is 0 Å². The van der Waals surface area contributed by atoms with E-state index >= 15 is 0 Å². The molecule has 0 unspecified atom stereocenters. The summed E-state index contributed by atoms with van der Waals surface area (Å²) in [6, 6.07) is 14.4. The average Bonchev–Trinajstić information content (AvgIpc) is 2.98. The first-order chi connectivity index (χ1) is 11.3. The summed E-state index contributed by atoms with van der Waals surface area (Å²) in [5, 5.41) is 4.69. The van der Waals surface area contributed by atoms with E-state index in [-0.39, 0.29) is 0 Å². The van der Waals surface area contributed by atoms with Gasteiger partial charge in [0.05, 0.1) is 11.2 Å². The first kappa shape index (κ1) is 13.8. The minimum atomic E-state index is 0.844. The van der Waals surface area contributed by atoms with Crippen molar-refractivity contribution in [1.82, 2.24) is 14.4 Å². The van der Waals surface area contributed by atoms with Crippen molar-refractivity contribution < 1.29 is 0 Å². The minimum Gasteiger partial charge on any atom is -0.384 e. The number of fused-ring (bicyclic) bond motifs is 2. The van der Waals surface area contributed by atoms with E-state index in [2.05, 4.69) is 51.0 Å². The Labute approximate surface area is 134 Å². The SMILES string of the molecule is Cc1ccc2nccc(NCCc3cn4ccccc4n3)c2c1. The Balaban J connectivity index is 1.52. The van der Waals surface area contributed by atoms with E-state index in [1.807, 2.05) is 36.7 Å². The molecule has 4 heteroatoms. The molecule has 0 aliphatic rings. The highest BCUT2D eigenvalue weighted by Crippen LogP contribution is 2.22. The molecule has 3 aromatic heterocycles. The Kier molecular flexibility index (Phi) is 3.42. The number of benzene rings is 1. The number of aryl methyl sites for hydroxylation is 1. The summed E-state index contributed by atoms with van der Waals surface area (Å²) in [5.41, 5.74) is 5.48. The van der Waals surface area contributed by atoms with E-state index in [0.29, 0.717) is 0 Å². The summed E-state index contributed by atoms with van der Waals surface area (Å²) in [6.45, 7) is 2.95. The fourth-order valence-corrected chi connectivity index (χ4v) is 2.85. The number of pyridine rings is 2. The van der Waals surface area contributed by atoms with Crippen molar-refractivity contribution in [2.24, 2.45) is 0 Å². The van der Waals surface area contributed by atoms with Gasteiger partial charge in [-0.05, 0) is 37.3 Å². The molecule has 0 saturated carbocycles. The smallest absolute Gasteiger partial charge is 0.136 e. The van der Waals surface area contributed by atoms with Crippen LogP contribution in [0.5, 0.6) is 0 Å². The van der Waals surface area contributed by atoms with Gasteiger partial charge >= 0.3 is 0 Å². The van der Waals surface area contributed by atoms with Crippen LogP contribution in [0.2, 0.25) is 0 Å². The molecule has 0 bridgehead atoms. The van der Waals surface area contributed by atoms with E-state index < -0.39 is 0 Å². The number of nitrogens with zero attached hydrogens (tertiary/aromatic N) is 3. The molecule has 0 aliphatic heterocycles. The number of rotatable bonds is 4. The molecule has 3 heterocycles. The molecule has 4 nitrogen and oxygen atoms in total. The van der Waals surface area contributed by atoms with Crippen LogP contribution in [0.4, 0.5) is 5.69 Å². The van der Waals surface area contributed by atoms with Gasteiger partial charge in [0.15, 0.2) is 0 Å². The molecule has 23 heavy (non-hydrogen) atoms. The predicted molar refractivity (Wildman–Crippen MR) is 93.9 cm³/mol. The molecule has 1 aromatic carbocycles. The molecule has 0 aliphatic carbocycles. The zero-order valence-electron chi connectivity index (χ0n) is 13.0. The number of hydrogen-bond acceptors (Lipinski definition) is 3. The fraction of sp³-hybridized carbons (Fsp3) is 0.158. The maximum absolute atomic E-state index is 4.63. The highest BCUT2D eigenvalue weighted by molar-refractivity contribution is 5.91. The number of nitrogens with one attached hydrogen (secondary N) is 1. The Hall–Kier alpha value is -2.88. The van der Waals surface area contributed by atoms with Crippen LogP contribution < -0.4 is 5.32 Å². The van der Waals surface area contributed by atoms with Gasteiger partial charge in [0.2, 0.25) is 0 Å². The molecule has 1 N–H and O–H groups in total. The minimum absolute atomic E-state index is 0.844. The van der Waals surface area contributed by atoms with Gasteiger partial charge in [-0.15, -0.1) is 0 Å². The molecule has 4 aromatic rings. The zero-order chi connectivity index (χ0) is 15.6. The molecule has 0 fully saturated rings. The maximum Gasteiger partial charge on any atom is 0.136 e. The molecule has 0 spiro atoms. The Morgan fingerprint density at radius 3 is 3.00 bits per heavy atom. The van der Waals surface area contributed by atoms with Gasteiger partial charge in [-0.1, -0.05) is 17.7 Å². The third kappa shape index (κ3) is 2.75. The highest BCUT2D eigenvalue weighted by Gasteiger charge is 2.04. The molecule has 114 valence electrons. The quantitative estimate of drug-likeness (QED) is 0.622. The van der Waals surface area contributed by atoms with Crippen molar-refractivity contribution in [2.75, 3.05) is 11.9 Å². The molecule has 4 rings (SSSR count). The normalized spacial score (nSPS) is 11.2. The topological polar surface area (TPSA) is 42.2 Å². The molecular weight excluding hydrogens is 284 g/mol. The summed E-state index contributed by atoms with van der Waals surface area (Å²) < 4.78 is 2.06. The molecular formula is C19H18N4. The van der Waals surface area contributed by atoms with Crippen LogP contribution in [-0.2, 0) is 6.42 Å². The van der Waals surface area contributed by atoms with Crippen molar-refractivity contribution in [3.63, 3.8) is 0 Å². The largest absolute Gasteiger partial charge is 0.384 e. The lowest BCUT2D eigenvalue weighted by Gasteiger charge is -2.09. The van der Waals surface area contributed by atoms with Crippen LogP contribution in [0.15, 0.2) is 61.1 Å². The zero-order valence-corrected chi connectivity index (χ0v) is 13.0. The van der Waals surface area contributed by atoms with E-state index in [1.165, 1.54) is 10.9 Å². The lowest BCUT2D eigenvalue weighted by Crippen LogP contribution is -2.05. The summed E-state index contributed by atoms with van der Waals surface area (Å²) in [7, 11) is 0. The fourth-order valence-electron chi connectivity index (χ4n) is 2.85. The third-order valence-electron chi connectivity index (χ3n) is 4.01. The van der Waals surface area contributed by atoms with Crippen LogP contribution in [0.1, 0.15) is 11.3 Å². The van der Waals surface area contributed by atoms with Crippen molar-refractivity contribution in [2.45, 2.75) is 13.3 Å². The van der Waals surface area contributed by atoms with Gasteiger partial charge in [0, 0.05) is 42.6 Å². The van der Waals surface area contributed by atoms with Gasteiger partial charge in [-0.2, -0.15) is 0 Å². The first-order valence-electron chi connectivity index (χ1n) is 7.81. The lowest BCUT2D eigenvalue weighted by atomic mass is 10.1. The summed E-state index contributed by atoms with van der Waals surface area (Å²) >= 11 is 0. The van der Waals surface area contributed by atoms with Gasteiger partial charge in [0.1, 0.15) is 5.65 Å². The second kappa shape index (κ2) is 5.72. The number of aromatic nitrogens is 3. The van der Waals surface area contributed by atoms with E-state index in [9.17, 15) is 0 Å². The molecule has 0 radical (unpaired) electrons.